The van der Waals surface area contributed by atoms with Crippen molar-refractivity contribution < 1.29 is 48.3 Å². The van der Waals surface area contributed by atoms with Gasteiger partial charge in [0.1, 0.15) is 23.3 Å². The minimum absolute atomic E-state index is 0.172. The molecule has 0 spiro atoms. The maximum Gasteiger partial charge on any atom is 0.423 e. The SMILES string of the molecule is CCCC(COc1c(Cl)cc(Cl)c(Cl)c1OC(=O)C(=O)Oc1c(Cl)c(Cl)cc(Cl)c1OCC(CCC)C(=O)O)C(=O)O. The van der Waals surface area contributed by atoms with Crippen molar-refractivity contribution in [2.24, 2.45) is 11.8 Å². The number of ether oxygens (including phenoxy) is 4. The first-order valence-corrected chi connectivity index (χ1v) is 14.5. The third-order valence-electron chi connectivity index (χ3n) is 5.56. The van der Waals surface area contributed by atoms with E-state index in [0.717, 1.165) is 0 Å². The van der Waals surface area contributed by atoms with E-state index in [0.29, 0.717) is 12.8 Å². The molecule has 42 heavy (non-hydrogen) atoms. The highest BCUT2D eigenvalue weighted by atomic mass is 35.5. The summed E-state index contributed by atoms with van der Waals surface area (Å²) in [7, 11) is 0. The number of hydrogen-bond acceptors (Lipinski definition) is 8. The molecular weight excluding hydrogens is 685 g/mol. The predicted octanol–water partition coefficient (Wildman–Crippen LogP) is 7.88. The van der Waals surface area contributed by atoms with E-state index in [-0.39, 0.29) is 67.7 Å². The Balaban J connectivity index is 2.37. The lowest BCUT2D eigenvalue weighted by Crippen LogP contribution is -2.27. The van der Waals surface area contributed by atoms with Crippen LogP contribution in [0.1, 0.15) is 39.5 Å². The average Bonchev–Trinajstić information content (AvgIpc) is 2.91. The Morgan fingerprint density at radius 2 is 0.952 bits per heavy atom. The summed E-state index contributed by atoms with van der Waals surface area (Å²) in [6.07, 6.45) is 1.63. The molecule has 0 radical (unpaired) electrons. The minimum atomic E-state index is -1.66. The molecule has 2 N–H and O–H groups in total. The van der Waals surface area contributed by atoms with Crippen LogP contribution < -0.4 is 18.9 Å². The lowest BCUT2D eigenvalue weighted by molar-refractivity contribution is -0.156. The Labute approximate surface area is 270 Å². The molecule has 0 aliphatic rings. The Bertz CT molecular complexity index is 1250. The van der Waals surface area contributed by atoms with E-state index in [2.05, 4.69) is 0 Å². The molecule has 0 saturated heterocycles. The number of rotatable bonds is 14. The van der Waals surface area contributed by atoms with Crippen molar-refractivity contribution in [3.63, 3.8) is 0 Å². The molecular formula is C26H24Cl6O10. The Hall–Kier alpha value is -2.34. The zero-order valence-electron chi connectivity index (χ0n) is 22.0. The summed E-state index contributed by atoms with van der Waals surface area (Å²) in [4.78, 5) is 48.7. The smallest absolute Gasteiger partial charge is 0.423 e. The first-order chi connectivity index (χ1) is 19.7. The summed E-state index contributed by atoms with van der Waals surface area (Å²) in [6, 6.07) is 2.35. The van der Waals surface area contributed by atoms with Crippen LogP contribution in [0.4, 0.5) is 0 Å². The first-order valence-electron chi connectivity index (χ1n) is 12.2. The molecule has 2 rings (SSSR count). The molecule has 0 aromatic heterocycles. The zero-order valence-corrected chi connectivity index (χ0v) is 26.5. The Morgan fingerprint density at radius 1 is 0.619 bits per heavy atom. The van der Waals surface area contributed by atoms with E-state index < -0.39 is 47.2 Å². The van der Waals surface area contributed by atoms with Crippen LogP contribution in [0.3, 0.4) is 0 Å². The second-order valence-electron chi connectivity index (χ2n) is 8.67. The van der Waals surface area contributed by atoms with Gasteiger partial charge in [-0.3, -0.25) is 9.59 Å². The van der Waals surface area contributed by atoms with Gasteiger partial charge in [0.05, 0.1) is 31.9 Å². The number of carbonyl (C=O) groups is 4. The molecule has 2 aromatic carbocycles. The fraction of sp³-hybridized carbons (Fsp3) is 0.385. The van der Waals surface area contributed by atoms with E-state index in [4.69, 9.17) is 88.6 Å². The van der Waals surface area contributed by atoms with E-state index in [1.54, 1.807) is 13.8 Å². The van der Waals surface area contributed by atoms with Gasteiger partial charge in [0.2, 0.25) is 0 Å². The number of carboxylic acid groups (broad SMARTS) is 2. The number of hydrogen-bond donors (Lipinski definition) is 2. The van der Waals surface area contributed by atoms with Crippen molar-refractivity contribution in [3.05, 3.63) is 42.3 Å². The molecule has 0 heterocycles. The van der Waals surface area contributed by atoms with Crippen LogP contribution in [0.2, 0.25) is 30.1 Å². The van der Waals surface area contributed by atoms with Crippen molar-refractivity contribution in [1.82, 2.24) is 0 Å². The highest BCUT2D eigenvalue weighted by molar-refractivity contribution is 6.46. The molecule has 0 fully saturated rings. The summed E-state index contributed by atoms with van der Waals surface area (Å²) >= 11 is 36.9. The molecule has 0 amide bonds. The molecule has 0 aliphatic carbocycles. The highest BCUT2D eigenvalue weighted by Crippen LogP contribution is 2.47. The van der Waals surface area contributed by atoms with E-state index in [1.807, 2.05) is 0 Å². The minimum Gasteiger partial charge on any atom is -0.487 e. The normalized spacial score (nSPS) is 12.3. The Kier molecular flexibility index (Phi) is 14.1. The molecule has 16 heteroatoms. The van der Waals surface area contributed by atoms with Gasteiger partial charge in [-0.15, -0.1) is 0 Å². The number of halogens is 6. The number of esters is 2. The summed E-state index contributed by atoms with van der Waals surface area (Å²) in [5.74, 6) is -9.28. The lowest BCUT2D eigenvalue weighted by atomic mass is 10.1. The van der Waals surface area contributed by atoms with Crippen LogP contribution in [0.25, 0.3) is 0 Å². The maximum atomic E-state index is 12.8. The summed E-state index contributed by atoms with van der Waals surface area (Å²) in [5.41, 5.74) is 0. The summed E-state index contributed by atoms with van der Waals surface area (Å²) in [6.45, 7) is 2.82. The molecule has 2 unspecified atom stereocenters. The summed E-state index contributed by atoms with van der Waals surface area (Å²) in [5, 5.41) is 17.3. The third-order valence-corrected chi connectivity index (χ3v) is 7.66. The zero-order chi connectivity index (χ0) is 31.7. The van der Waals surface area contributed by atoms with Crippen LogP contribution in [0.5, 0.6) is 23.0 Å². The van der Waals surface area contributed by atoms with Gasteiger partial charge in [-0.25, -0.2) is 9.59 Å². The Morgan fingerprint density at radius 3 is 1.24 bits per heavy atom. The van der Waals surface area contributed by atoms with Crippen LogP contribution in [0.15, 0.2) is 12.1 Å². The van der Waals surface area contributed by atoms with Crippen LogP contribution in [-0.4, -0.2) is 47.3 Å². The first kappa shape index (κ1) is 35.9. The van der Waals surface area contributed by atoms with Crippen LogP contribution in [0, 0.1) is 11.8 Å². The second kappa shape index (κ2) is 16.5. The molecule has 0 bridgehead atoms. The third kappa shape index (κ3) is 9.33. The maximum absolute atomic E-state index is 12.8. The van der Waals surface area contributed by atoms with Gasteiger partial charge < -0.3 is 29.2 Å². The van der Waals surface area contributed by atoms with Crippen LogP contribution >= 0.6 is 69.6 Å². The highest BCUT2D eigenvalue weighted by Gasteiger charge is 2.30. The van der Waals surface area contributed by atoms with E-state index in [1.165, 1.54) is 12.1 Å². The standard InChI is InChI=1S/C26H24Cl6O10/c1-3-5-11(23(33)34)9-39-19-15(29)7-13(27)17(31)21(19)41-25(37)26(38)42-22-18(32)14(28)8-16(30)20(22)40-10-12(6-4-2)24(35)36/h7-8,11-12H,3-6,9-10H2,1-2H3,(H,33,34)(H,35,36). The lowest BCUT2D eigenvalue weighted by Gasteiger charge is -2.19. The average molecular weight is 709 g/mol. The topological polar surface area (TPSA) is 146 Å². The van der Waals surface area contributed by atoms with Gasteiger partial charge in [0, 0.05) is 0 Å². The van der Waals surface area contributed by atoms with Gasteiger partial charge >= 0.3 is 23.9 Å². The van der Waals surface area contributed by atoms with Crippen molar-refractivity contribution in [2.75, 3.05) is 13.2 Å². The van der Waals surface area contributed by atoms with Gasteiger partial charge in [0.25, 0.3) is 0 Å². The molecule has 0 aliphatic heterocycles. The molecule has 0 saturated carbocycles. The van der Waals surface area contributed by atoms with Gasteiger partial charge in [-0.1, -0.05) is 96.3 Å². The number of benzene rings is 2. The van der Waals surface area contributed by atoms with Gasteiger partial charge in [-0.2, -0.15) is 0 Å². The van der Waals surface area contributed by atoms with Crippen molar-refractivity contribution in [2.45, 2.75) is 39.5 Å². The predicted molar refractivity (Wildman–Crippen MR) is 157 cm³/mol. The number of carbonyl (C=O) groups excluding carboxylic acids is 2. The summed E-state index contributed by atoms with van der Waals surface area (Å²) < 4.78 is 21.3. The fourth-order valence-electron chi connectivity index (χ4n) is 3.45. The van der Waals surface area contributed by atoms with E-state index in [9.17, 15) is 29.4 Å². The second-order valence-corrected chi connectivity index (χ2v) is 11.1. The van der Waals surface area contributed by atoms with Crippen molar-refractivity contribution in [3.8, 4) is 23.0 Å². The van der Waals surface area contributed by atoms with Gasteiger partial charge in [0.15, 0.2) is 23.0 Å². The van der Waals surface area contributed by atoms with Crippen molar-refractivity contribution >= 4 is 93.5 Å². The van der Waals surface area contributed by atoms with Crippen LogP contribution in [-0.2, 0) is 19.2 Å². The van der Waals surface area contributed by atoms with E-state index >= 15 is 0 Å². The quantitative estimate of drug-likeness (QED) is 0.0860. The molecule has 2 atom stereocenters. The number of carboxylic acids is 2. The fourth-order valence-corrected chi connectivity index (χ4v) is 4.81. The monoisotopic (exact) mass is 706 g/mol. The van der Waals surface area contributed by atoms with Gasteiger partial charge in [-0.05, 0) is 25.0 Å². The molecule has 230 valence electrons. The molecule has 2 aromatic rings. The van der Waals surface area contributed by atoms with Crippen molar-refractivity contribution in [1.29, 1.82) is 0 Å². The number of aliphatic carboxylic acids is 2. The largest absolute Gasteiger partial charge is 0.487 e. The molecule has 10 nitrogen and oxygen atoms in total.